The molecule has 0 heterocycles. The number of benzene rings is 1. The van der Waals surface area contributed by atoms with Gasteiger partial charge < -0.3 is 0 Å². The van der Waals surface area contributed by atoms with Crippen LogP contribution >= 0.6 is 0 Å². The Morgan fingerprint density at radius 1 is 1.46 bits per heavy atom. The lowest BCUT2D eigenvalue weighted by molar-refractivity contribution is 0.533. The van der Waals surface area contributed by atoms with Gasteiger partial charge in [0.1, 0.15) is 5.82 Å². The summed E-state index contributed by atoms with van der Waals surface area (Å²) >= 11 is 0. The Morgan fingerprint density at radius 2 is 2.31 bits per heavy atom. The van der Waals surface area contributed by atoms with Crippen molar-refractivity contribution in [2.45, 2.75) is 38.5 Å². The highest BCUT2D eigenvalue weighted by molar-refractivity contribution is 5.33. The molecule has 1 aromatic carbocycles. The second kappa shape index (κ2) is 3.49. The summed E-state index contributed by atoms with van der Waals surface area (Å²) in [6, 6.07) is 5.27. The smallest absolute Gasteiger partial charge is 0.123 e. The van der Waals surface area contributed by atoms with Gasteiger partial charge in [0.2, 0.25) is 0 Å². The second-order valence-electron chi connectivity index (χ2n) is 3.84. The van der Waals surface area contributed by atoms with E-state index in [9.17, 15) is 4.39 Å². The zero-order valence-electron chi connectivity index (χ0n) is 8.02. The highest BCUT2D eigenvalue weighted by Crippen LogP contribution is 2.33. The maximum atomic E-state index is 12.9. The second-order valence-corrected chi connectivity index (χ2v) is 3.84. The third kappa shape index (κ3) is 1.60. The zero-order chi connectivity index (χ0) is 9.26. The lowest BCUT2D eigenvalue weighted by atomic mass is 9.81. The molecular formula is C12H15F. The average Bonchev–Trinajstić information content (AvgIpc) is 2.16. The van der Waals surface area contributed by atoms with Crippen molar-refractivity contribution >= 4 is 0 Å². The maximum absolute atomic E-state index is 12.9. The van der Waals surface area contributed by atoms with E-state index in [1.165, 1.54) is 30.4 Å². The van der Waals surface area contributed by atoms with Crippen molar-refractivity contribution < 1.29 is 4.39 Å². The van der Waals surface area contributed by atoms with Crippen LogP contribution in [0.15, 0.2) is 18.2 Å². The summed E-state index contributed by atoms with van der Waals surface area (Å²) in [5.41, 5.74) is 2.62. The summed E-state index contributed by atoms with van der Waals surface area (Å²) in [6.45, 7) is 2.21. The summed E-state index contributed by atoms with van der Waals surface area (Å²) in [5.74, 6) is 0.583. The van der Waals surface area contributed by atoms with E-state index in [0.717, 1.165) is 6.42 Å². The minimum Gasteiger partial charge on any atom is -0.207 e. The van der Waals surface area contributed by atoms with E-state index in [1.54, 1.807) is 12.1 Å². The molecule has 1 aliphatic rings. The maximum Gasteiger partial charge on any atom is 0.123 e. The van der Waals surface area contributed by atoms with Crippen LogP contribution in [0.2, 0.25) is 0 Å². The van der Waals surface area contributed by atoms with E-state index in [0.29, 0.717) is 5.92 Å². The Balaban J connectivity index is 2.40. The van der Waals surface area contributed by atoms with E-state index in [4.69, 9.17) is 0 Å². The quantitative estimate of drug-likeness (QED) is 0.615. The monoisotopic (exact) mass is 178 g/mol. The Labute approximate surface area is 78.8 Å². The van der Waals surface area contributed by atoms with Gasteiger partial charge >= 0.3 is 0 Å². The van der Waals surface area contributed by atoms with Gasteiger partial charge in [-0.05, 0) is 54.9 Å². The molecule has 70 valence electrons. The van der Waals surface area contributed by atoms with Gasteiger partial charge in [-0.25, -0.2) is 4.39 Å². The third-order valence-corrected chi connectivity index (χ3v) is 3.04. The molecule has 1 aliphatic carbocycles. The van der Waals surface area contributed by atoms with E-state index >= 15 is 0 Å². The minimum atomic E-state index is -0.0875. The molecule has 0 aromatic heterocycles. The van der Waals surface area contributed by atoms with Crippen molar-refractivity contribution in [3.05, 3.63) is 35.1 Å². The summed E-state index contributed by atoms with van der Waals surface area (Å²) in [7, 11) is 0. The Hall–Kier alpha value is -0.850. The predicted octanol–water partition coefficient (Wildman–Crippen LogP) is 3.66. The van der Waals surface area contributed by atoms with Crippen LogP contribution in [0.4, 0.5) is 4.39 Å². The molecule has 0 saturated carbocycles. The lowest BCUT2D eigenvalue weighted by Gasteiger charge is -2.24. The standard InChI is InChI=1S/C12H15F/c1-2-9-4-3-5-10-8-11(13)6-7-12(9)10/h6-9H,2-5H2,1H3. The first kappa shape index (κ1) is 8.74. The first-order valence-electron chi connectivity index (χ1n) is 5.09. The molecule has 0 aliphatic heterocycles. The average molecular weight is 178 g/mol. The van der Waals surface area contributed by atoms with Crippen LogP contribution in [0, 0.1) is 5.82 Å². The summed E-state index contributed by atoms with van der Waals surface area (Å²) in [5, 5.41) is 0. The zero-order valence-corrected chi connectivity index (χ0v) is 8.02. The normalized spacial score (nSPS) is 21.2. The number of rotatable bonds is 1. The van der Waals surface area contributed by atoms with Gasteiger partial charge in [-0.3, -0.25) is 0 Å². The minimum absolute atomic E-state index is 0.0875. The lowest BCUT2D eigenvalue weighted by Crippen LogP contribution is -2.09. The predicted molar refractivity (Wildman–Crippen MR) is 52.4 cm³/mol. The summed E-state index contributed by atoms with van der Waals surface area (Å²) in [4.78, 5) is 0. The van der Waals surface area contributed by atoms with E-state index in [1.807, 2.05) is 6.07 Å². The van der Waals surface area contributed by atoms with E-state index in [2.05, 4.69) is 6.92 Å². The van der Waals surface area contributed by atoms with Crippen LogP contribution in [0.5, 0.6) is 0 Å². The Kier molecular flexibility index (Phi) is 2.34. The van der Waals surface area contributed by atoms with Crippen molar-refractivity contribution in [1.82, 2.24) is 0 Å². The fourth-order valence-electron chi connectivity index (χ4n) is 2.31. The molecule has 13 heavy (non-hydrogen) atoms. The fourth-order valence-corrected chi connectivity index (χ4v) is 2.31. The van der Waals surface area contributed by atoms with Crippen LogP contribution in [0.3, 0.4) is 0 Å². The van der Waals surface area contributed by atoms with Crippen molar-refractivity contribution in [1.29, 1.82) is 0 Å². The molecule has 1 unspecified atom stereocenters. The molecule has 0 radical (unpaired) electrons. The molecule has 0 saturated heterocycles. The topological polar surface area (TPSA) is 0 Å². The highest BCUT2D eigenvalue weighted by Gasteiger charge is 2.18. The largest absolute Gasteiger partial charge is 0.207 e. The SMILES string of the molecule is CCC1CCCc2cc(F)ccc21. The fraction of sp³-hybridized carbons (Fsp3) is 0.500. The van der Waals surface area contributed by atoms with Crippen LogP contribution in [-0.4, -0.2) is 0 Å². The number of fused-ring (bicyclic) bond motifs is 1. The Morgan fingerprint density at radius 3 is 3.08 bits per heavy atom. The number of hydrogen-bond donors (Lipinski definition) is 0. The van der Waals surface area contributed by atoms with Gasteiger partial charge in [0, 0.05) is 0 Å². The molecule has 0 fully saturated rings. The van der Waals surface area contributed by atoms with Gasteiger partial charge in [-0.2, -0.15) is 0 Å². The summed E-state index contributed by atoms with van der Waals surface area (Å²) < 4.78 is 12.9. The van der Waals surface area contributed by atoms with Crippen LogP contribution in [0.25, 0.3) is 0 Å². The first-order valence-corrected chi connectivity index (χ1v) is 5.09. The van der Waals surface area contributed by atoms with Gasteiger partial charge in [0.05, 0.1) is 0 Å². The number of aryl methyl sites for hydroxylation is 1. The Bertz CT molecular complexity index is 304. The van der Waals surface area contributed by atoms with Crippen molar-refractivity contribution in [3.8, 4) is 0 Å². The molecule has 0 nitrogen and oxygen atoms in total. The van der Waals surface area contributed by atoms with Gasteiger partial charge in [-0.1, -0.05) is 13.0 Å². The number of halogens is 1. The highest BCUT2D eigenvalue weighted by atomic mass is 19.1. The molecule has 0 spiro atoms. The van der Waals surface area contributed by atoms with E-state index in [-0.39, 0.29) is 5.82 Å². The van der Waals surface area contributed by atoms with Crippen LogP contribution in [-0.2, 0) is 6.42 Å². The van der Waals surface area contributed by atoms with Crippen molar-refractivity contribution in [2.75, 3.05) is 0 Å². The third-order valence-electron chi connectivity index (χ3n) is 3.04. The van der Waals surface area contributed by atoms with Crippen LogP contribution < -0.4 is 0 Å². The molecule has 1 heteroatoms. The number of hydrogen-bond acceptors (Lipinski definition) is 0. The van der Waals surface area contributed by atoms with Gasteiger partial charge in [0.25, 0.3) is 0 Å². The molecular weight excluding hydrogens is 163 g/mol. The van der Waals surface area contributed by atoms with Crippen molar-refractivity contribution in [3.63, 3.8) is 0 Å². The van der Waals surface area contributed by atoms with Crippen LogP contribution in [0.1, 0.15) is 43.2 Å². The van der Waals surface area contributed by atoms with Gasteiger partial charge in [-0.15, -0.1) is 0 Å². The van der Waals surface area contributed by atoms with Gasteiger partial charge in [0.15, 0.2) is 0 Å². The first-order chi connectivity index (χ1) is 6.31. The summed E-state index contributed by atoms with van der Waals surface area (Å²) in [6.07, 6.45) is 4.73. The molecule has 1 atom stereocenters. The van der Waals surface area contributed by atoms with E-state index < -0.39 is 0 Å². The molecule has 0 N–H and O–H groups in total. The molecule has 0 bridgehead atoms. The molecule has 1 aromatic rings. The molecule has 2 rings (SSSR count). The van der Waals surface area contributed by atoms with Crippen molar-refractivity contribution in [2.24, 2.45) is 0 Å². The molecule has 0 amide bonds.